The average Bonchev–Trinajstić information content (AvgIpc) is 3.02. The van der Waals surface area contributed by atoms with E-state index in [1.54, 1.807) is 39.0 Å². The Morgan fingerprint density at radius 2 is 1.67 bits per heavy atom. The second-order valence-electron chi connectivity index (χ2n) is 10.9. The Balaban J connectivity index is 2.20. The number of hydrogen-bond acceptors (Lipinski definition) is 3. The Morgan fingerprint density at radius 1 is 1.00 bits per heavy atom. The molecule has 0 amide bonds. The molecule has 1 aliphatic rings. The molecule has 0 radical (unpaired) electrons. The first kappa shape index (κ1) is 25.9. The number of carbonyl (C=O) groups excluding carboxylic acids is 1. The number of hydrogen-bond donors (Lipinski definition) is 1. The molecule has 0 aromatic heterocycles. The van der Waals surface area contributed by atoms with Crippen LogP contribution in [-0.4, -0.2) is 23.7 Å². The summed E-state index contributed by atoms with van der Waals surface area (Å²) >= 11 is 12.1. The van der Waals surface area contributed by atoms with Crippen molar-refractivity contribution in [3.8, 4) is 0 Å². The number of carbonyl (C=O) groups is 1. The molecule has 1 N–H and O–H groups in total. The fourth-order valence-corrected chi connectivity index (χ4v) is 4.99. The summed E-state index contributed by atoms with van der Waals surface area (Å²) in [6, 6.07) is 8.93. The van der Waals surface area contributed by atoms with Gasteiger partial charge in [0, 0.05) is 22.9 Å². The minimum absolute atomic E-state index is 0.140. The van der Waals surface area contributed by atoms with E-state index in [0.717, 1.165) is 5.56 Å². The summed E-state index contributed by atoms with van der Waals surface area (Å²) in [4.78, 5) is 13.3. The summed E-state index contributed by atoms with van der Waals surface area (Å²) in [7, 11) is 0. The van der Waals surface area contributed by atoms with E-state index in [0.29, 0.717) is 11.4 Å². The van der Waals surface area contributed by atoms with Crippen LogP contribution in [0, 0.1) is 17.0 Å². The van der Waals surface area contributed by atoms with Crippen LogP contribution in [-0.2, 0) is 9.53 Å². The third-order valence-electron chi connectivity index (χ3n) is 5.72. The van der Waals surface area contributed by atoms with Crippen molar-refractivity contribution < 1.29 is 18.3 Å². The Kier molecular flexibility index (Phi) is 7.48. The molecule has 0 saturated carbocycles. The van der Waals surface area contributed by atoms with Gasteiger partial charge in [-0.25, -0.2) is 8.78 Å². The predicted molar refractivity (Wildman–Crippen MR) is 129 cm³/mol. The fourth-order valence-electron chi connectivity index (χ4n) is 4.64. The highest BCUT2D eigenvalue weighted by Gasteiger charge is 2.50. The van der Waals surface area contributed by atoms with Crippen molar-refractivity contribution in [2.24, 2.45) is 5.41 Å². The molecule has 7 heteroatoms. The van der Waals surface area contributed by atoms with Crippen LogP contribution in [0.1, 0.15) is 70.9 Å². The van der Waals surface area contributed by atoms with E-state index in [4.69, 9.17) is 27.9 Å². The molecule has 1 fully saturated rings. The van der Waals surface area contributed by atoms with Crippen LogP contribution in [0.5, 0.6) is 0 Å². The first-order valence-electron chi connectivity index (χ1n) is 11.1. The van der Waals surface area contributed by atoms with Gasteiger partial charge >= 0.3 is 5.97 Å². The third kappa shape index (κ3) is 6.06. The Bertz CT molecular complexity index is 1030. The molecule has 3 nitrogen and oxygen atoms in total. The number of nitrogens with one attached hydrogen (secondary N) is 1. The van der Waals surface area contributed by atoms with E-state index in [2.05, 4.69) is 26.1 Å². The van der Waals surface area contributed by atoms with Crippen molar-refractivity contribution in [1.82, 2.24) is 5.32 Å². The largest absolute Gasteiger partial charge is 0.459 e. The van der Waals surface area contributed by atoms with E-state index < -0.39 is 41.1 Å². The number of rotatable bonds is 4. The molecule has 33 heavy (non-hydrogen) atoms. The lowest BCUT2D eigenvalue weighted by Gasteiger charge is -2.30. The molecular weight excluding hydrogens is 467 g/mol. The summed E-state index contributed by atoms with van der Waals surface area (Å²) in [6.45, 7) is 11.6. The van der Waals surface area contributed by atoms with E-state index in [-0.39, 0.29) is 22.0 Å². The van der Waals surface area contributed by atoms with Gasteiger partial charge in [0.15, 0.2) is 11.6 Å². The van der Waals surface area contributed by atoms with Crippen LogP contribution in [0.3, 0.4) is 0 Å². The standard InChI is InChI=1S/C26H31Cl2F2NO2/c1-25(2,3)13-18-20(16-10-11-17(28)22(30)21(16)29)19(14-8-7-9-15(27)12-14)23(31-18)24(32)33-26(4,5)6/h7-12,18-20,23,31H,13H2,1-6H3. The number of ether oxygens (including phenoxy) is 1. The van der Waals surface area contributed by atoms with Crippen LogP contribution in [0.15, 0.2) is 36.4 Å². The van der Waals surface area contributed by atoms with Crippen LogP contribution < -0.4 is 5.32 Å². The van der Waals surface area contributed by atoms with Crippen molar-refractivity contribution in [3.05, 3.63) is 69.2 Å². The van der Waals surface area contributed by atoms with Gasteiger partial charge in [-0.1, -0.05) is 62.2 Å². The second kappa shape index (κ2) is 9.52. The minimum atomic E-state index is -1.09. The van der Waals surface area contributed by atoms with Gasteiger partial charge < -0.3 is 10.1 Å². The minimum Gasteiger partial charge on any atom is -0.459 e. The highest BCUT2D eigenvalue weighted by atomic mass is 35.5. The SMILES string of the molecule is CC(C)(C)CC1NC(C(=O)OC(C)(C)C)C(c2cccc(Cl)c2)C1c1ccc(Cl)c(F)c1F. The van der Waals surface area contributed by atoms with E-state index >= 15 is 4.39 Å². The monoisotopic (exact) mass is 497 g/mol. The van der Waals surface area contributed by atoms with Crippen molar-refractivity contribution in [3.63, 3.8) is 0 Å². The van der Waals surface area contributed by atoms with Crippen molar-refractivity contribution in [2.45, 2.75) is 77.5 Å². The van der Waals surface area contributed by atoms with Crippen LogP contribution >= 0.6 is 23.2 Å². The lowest BCUT2D eigenvalue weighted by Crippen LogP contribution is -2.42. The zero-order chi connectivity index (χ0) is 24.7. The Labute approximate surface area is 204 Å². The summed E-state index contributed by atoms with van der Waals surface area (Å²) in [5, 5.41) is 3.62. The van der Waals surface area contributed by atoms with Crippen LogP contribution in [0.25, 0.3) is 0 Å². The average molecular weight is 498 g/mol. The maximum absolute atomic E-state index is 15.3. The highest BCUT2D eigenvalue weighted by Crippen LogP contribution is 2.48. The number of benzene rings is 2. The van der Waals surface area contributed by atoms with Gasteiger partial charge in [0.25, 0.3) is 0 Å². The van der Waals surface area contributed by atoms with E-state index in [1.165, 1.54) is 12.1 Å². The molecular formula is C26H31Cl2F2NO2. The van der Waals surface area contributed by atoms with Crippen molar-refractivity contribution in [1.29, 1.82) is 0 Å². The number of esters is 1. The topological polar surface area (TPSA) is 38.3 Å². The summed E-state index contributed by atoms with van der Waals surface area (Å²) in [6.07, 6.45) is 0.623. The maximum Gasteiger partial charge on any atom is 0.324 e. The molecule has 180 valence electrons. The molecule has 1 saturated heterocycles. The molecule has 0 bridgehead atoms. The van der Waals surface area contributed by atoms with Gasteiger partial charge in [0.2, 0.25) is 0 Å². The van der Waals surface area contributed by atoms with Gasteiger partial charge in [-0.3, -0.25) is 4.79 Å². The molecule has 1 heterocycles. The molecule has 0 spiro atoms. The van der Waals surface area contributed by atoms with Crippen LogP contribution in [0.2, 0.25) is 10.0 Å². The van der Waals surface area contributed by atoms with Gasteiger partial charge in [-0.2, -0.15) is 0 Å². The number of halogens is 4. The quantitative estimate of drug-likeness (QED) is 0.356. The summed E-state index contributed by atoms with van der Waals surface area (Å²) in [5.74, 6) is -3.60. The van der Waals surface area contributed by atoms with Gasteiger partial charge in [-0.15, -0.1) is 0 Å². The zero-order valence-corrected chi connectivity index (χ0v) is 21.3. The highest BCUT2D eigenvalue weighted by molar-refractivity contribution is 6.31. The molecule has 4 atom stereocenters. The van der Waals surface area contributed by atoms with Gasteiger partial charge in [0.1, 0.15) is 11.6 Å². The summed E-state index contributed by atoms with van der Waals surface area (Å²) in [5.41, 5.74) is 0.0862. The van der Waals surface area contributed by atoms with Gasteiger partial charge in [0.05, 0.1) is 5.02 Å². The smallest absolute Gasteiger partial charge is 0.324 e. The normalized spacial score (nSPS) is 23.6. The molecule has 3 rings (SSSR count). The molecule has 2 aromatic carbocycles. The molecule has 2 aromatic rings. The maximum atomic E-state index is 15.3. The van der Waals surface area contributed by atoms with Gasteiger partial charge in [-0.05, 0) is 61.9 Å². The van der Waals surface area contributed by atoms with Crippen molar-refractivity contribution >= 4 is 29.2 Å². The molecule has 1 aliphatic heterocycles. The fraction of sp³-hybridized carbons (Fsp3) is 0.500. The van der Waals surface area contributed by atoms with Crippen molar-refractivity contribution in [2.75, 3.05) is 0 Å². The van der Waals surface area contributed by atoms with Crippen LogP contribution in [0.4, 0.5) is 8.78 Å². The first-order valence-corrected chi connectivity index (χ1v) is 11.8. The lowest BCUT2D eigenvalue weighted by atomic mass is 9.74. The first-order chi connectivity index (χ1) is 15.2. The second-order valence-corrected chi connectivity index (χ2v) is 11.8. The summed E-state index contributed by atoms with van der Waals surface area (Å²) < 4.78 is 35.5. The Morgan fingerprint density at radius 3 is 2.24 bits per heavy atom. The predicted octanol–water partition coefficient (Wildman–Crippen LogP) is 7.26. The van der Waals surface area contributed by atoms with E-state index in [9.17, 15) is 9.18 Å². The zero-order valence-electron chi connectivity index (χ0n) is 19.8. The Hall–Kier alpha value is -1.69. The lowest BCUT2D eigenvalue weighted by molar-refractivity contribution is -0.157. The molecule has 4 unspecified atom stereocenters. The van der Waals surface area contributed by atoms with E-state index in [1.807, 2.05) is 6.07 Å². The molecule has 0 aliphatic carbocycles. The third-order valence-corrected chi connectivity index (χ3v) is 6.25.